The van der Waals surface area contributed by atoms with E-state index in [4.69, 9.17) is 4.74 Å². The molecule has 0 unspecified atom stereocenters. The largest absolute Gasteiger partial charge is 0.497 e. The Morgan fingerprint density at radius 2 is 2.07 bits per heavy atom. The number of aryl methyl sites for hydroxylation is 1. The van der Waals surface area contributed by atoms with Crippen molar-refractivity contribution in [2.24, 2.45) is 0 Å². The van der Waals surface area contributed by atoms with E-state index in [1.165, 1.54) is 0 Å². The highest BCUT2D eigenvalue weighted by molar-refractivity contribution is 5.37. The monoisotopic (exact) mass is 208 g/mol. The zero-order chi connectivity index (χ0) is 11.5. The molecule has 0 aliphatic rings. The van der Waals surface area contributed by atoms with E-state index in [0.29, 0.717) is 0 Å². The molecule has 1 aromatic rings. The summed E-state index contributed by atoms with van der Waals surface area (Å²) >= 11 is 0. The fourth-order valence-electron chi connectivity index (χ4n) is 1.99. The van der Waals surface area contributed by atoms with Crippen LogP contribution in [0.25, 0.3) is 0 Å². The maximum Gasteiger partial charge on any atom is 0.119 e. The van der Waals surface area contributed by atoms with E-state index >= 15 is 0 Å². The molecule has 1 atom stereocenters. The minimum atomic E-state index is -0.731. The summed E-state index contributed by atoms with van der Waals surface area (Å²) in [6.07, 6.45) is 1.75. The van der Waals surface area contributed by atoms with Crippen molar-refractivity contribution in [3.05, 3.63) is 29.3 Å². The van der Waals surface area contributed by atoms with Crippen LogP contribution in [-0.4, -0.2) is 12.2 Å². The van der Waals surface area contributed by atoms with Gasteiger partial charge in [0.05, 0.1) is 12.7 Å². The molecular formula is C13H20O2. The van der Waals surface area contributed by atoms with E-state index in [2.05, 4.69) is 6.92 Å². The third-order valence-corrected chi connectivity index (χ3v) is 2.75. The quantitative estimate of drug-likeness (QED) is 0.824. The normalized spacial score (nSPS) is 14.7. The van der Waals surface area contributed by atoms with Gasteiger partial charge in [0, 0.05) is 0 Å². The lowest BCUT2D eigenvalue weighted by Crippen LogP contribution is -2.21. The predicted octanol–water partition coefficient (Wildman–Crippen LogP) is 3.01. The standard InChI is InChI=1S/C13H20O2/c1-5-8-13(3,14)12-7-6-11(15-4)9-10(12)2/h6-7,9,14H,5,8H2,1-4H3/t13-/m0/s1. The zero-order valence-corrected chi connectivity index (χ0v) is 10.0. The molecule has 15 heavy (non-hydrogen) atoms. The predicted molar refractivity (Wildman–Crippen MR) is 62.2 cm³/mol. The highest BCUT2D eigenvalue weighted by Gasteiger charge is 2.23. The Hall–Kier alpha value is -1.02. The molecule has 2 heteroatoms. The first-order valence-corrected chi connectivity index (χ1v) is 5.38. The molecule has 0 aliphatic heterocycles. The molecule has 0 saturated heterocycles. The molecule has 0 amide bonds. The molecule has 2 nitrogen and oxygen atoms in total. The second-order valence-corrected chi connectivity index (χ2v) is 4.20. The molecular weight excluding hydrogens is 188 g/mol. The van der Waals surface area contributed by atoms with Gasteiger partial charge in [0.25, 0.3) is 0 Å². The summed E-state index contributed by atoms with van der Waals surface area (Å²) in [5, 5.41) is 10.3. The van der Waals surface area contributed by atoms with Crippen molar-refractivity contribution in [1.29, 1.82) is 0 Å². The van der Waals surface area contributed by atoms with Crippen LogP contribution < -0.4 is 4.74 Å². The van der Waals surface area contributed by atoms with Crippen molar-refractivity contribution in [3.8, 4) is 5.75 Å². The fourth-order valence-corrected chi connectivity index (χ4v) is 1.99. The van der Waals surface area contributed by atoms with Crippen LogP contribution in [0, 0.1) is 6.92 Å². The lowest BCUT2D eigenvalue weighted by molar-refractivity contribution is 0.0463. The van der Waals surface area contributed by atoms with Crippen molar-refractivity contribution in [2.45, 2.75) is 39.2 Å². The molecule has 84 valence electrons. The van der Waals surface area contributed by atoms with Crippen LogP contribution in [0.15, 0.2) is 18.2 Å². The van der Waals surface area contributed by atoms with Crippen LogP contribution >= 0.6 is 0 Å². The first-order chi connectivity index (χ1) is 7.01. The molecule has 0 bridgehead atoms. The van der Waals surface area contributed by atoms with E-state index in [9.17, 15) is 5.11 Å². The van der Waals surface area contributed by atoms with Gasteiger partial charge in [0.15, 0.2) is 0 Å². The van der Waals surface area contributed by atoms with Gasteiger partial charge < -0.3 is 9.84 Å². The summed E-state index contributed by atoms with van der Waals surface area (Å²) < 4.78 is 5.14. The summed E-state index contributed by atoms with van der Waals surface area (Å²) in [5.74, 6) is 0.837. The molecule has 0 aliphatic carbocycles. The highest BCUT2D eigenvalue weighted by atomic mass is 16.5. The molecule has 0 aromatic heterocycles. The Morgan fingerprint density at radius 3 is 2.53 bits per heavy atom. The molecule has 0 radical (unpaired) electrons. The Bertz CT molecular complexity index is 329. The van der Waals surface area contributed by atoms with Crippen molar-refractivity contribution in [3.63, 3.8) is 0 Å². The summed E-state index contributed by atoms with van der Waals surface area (Å²) in [4.78, 5) is 0. The lowest BCUT2D eigenvalue weighted by atomic mass is 9.88. The Balaban J connectivity index is 3.04. The van der Waals surface area contributed by atoms with E-state index in [1.54, 1.807) is 7.11 Å². The van der Waals surface area contributed by atoms with Crippen LogP contribution in [0.1, 0.15) is 37.8 Å². The third kappa shape index (κ3) is 2.72. The van der Waals surface area contributed by atoms with Crippen LogP contribution in [0.5, 0.6) is 5.75 Å². The smallest absolute Gasteiger partial charge is 0.119 e. The number of methoxy groups -OCH3 is 1. The average molecular weight is 208 g/mol. The number of rotatable bonds is 4. The number of hydrogen-bond acceptors (Lipinski definition) is 2. The van der Waals surface area contributed by atoms with Gasteiger partial charge in [0.2, 0.25) is 0 Å². The van der Waals surface area contributed by atoms with Gasteiger partial charge in [-0.15, -0.1) is 0 Å². The van der Waals surface area contributed by atoms with Crippen LogP contribution in [-0.2, 0) is 5.60 Å². The van der Waals surface area contributed by atoms with Gasteiger partial charge in [0.1, 0.15) is 5.75 Å². The second-order valence-electron chi connectivity index (χ2n) is 4.20. The SMILES string of the molecule is CCC[C@](C)(O)c1ccc(OC)cc1C. The maximum atomic E-state index is 10.3. The van der Waals surface area contributed by atoms with Crippen molar-refractivity contribution >= 4 is 0 Å². The molecule has 0 heterocycles. The first-order valence-electron chi connectivity index (χ1n) is 5.38. The minimum absolute atomic E-state index is 0.731. The average Bonchev–Trinajstić information content (AvgIpc) is 2.17. The van der Waals surface area contributed by atoms with Gasteiger partial charge in [-0.1, -0.05) is 19.4 Å². The van der Waals surface area contributed by atoms with Gasteiger partial charge in [-0.2, -0.15) is 0 Å². The van der Waals surface area contributed by atoms with Gasteiger partial charge in [-0.25, -0.2) is 0 Å². The Morgan fingerprint density at radius 1 is 1.40 bits per heavy atom. The van der Waals surface area contributed by atoms with Crippen molar-refractivity contribution in [2.75, 3.05) is 7.11 Å². The first kappa shape index (κ1) is 12.1. The third-order valence-electron chi connectivity index (χ3n) is 2.75. The van der Waals surface area contributed by atoms with Crippen LogP contribution in [0.4, 0.5) is 0 Å². The fraction of sp³-hybridized carbons (Fsp3) is 0.538. The van der Waals surface area contributed by atoms with Crippen LogP contribution in [0.2, 0.25) is 0 Å². The van der Waals surface area contributed by atoms with Crippen molar-refractivity contribution < 1.29 is 9.84 Å². The number of benzene rings is 1. The van der Waals surface area contributed by atoms with E-state index < -0.39 is 5.60 Å². The number of ether oxygens (including phenoxy) is 1. The molecule has 0 saturated carbocycles. The van der Waals surface area contributed by atoms with Gasteiger partial charge in [-0.05, 0) is 43.5 Å². The molecule has 1 rings (SSSR count). The zero-order valence-electron chi connectivity index (χ0n) is 10.0. The topological polar surface area (TPSA) is 29.5 Å². The van der Waals surface area contributed by atoms with E-state index in [1.807, 2.05) is 32.0 Å². The summed E-state index contributed by atoms with van der Waals surface area (Å²) in [6.45, 7) is 5.95. The lowest BCUT2D eigenvalue weighted by Gasteiger charge is -2.25. The van der Waals surface area contributed by atoms with Crippen LogP contribution in [0.3, 0.4) is 0 Å². The molecule has 0 fully saturated rings. The summed E-state index contributed by atoms with van der Waals surface area (Å²) in [7, 11) is 1.65. The number of aliphatic hydroxyl groups is 1. The maximum absolute atomic E-state index is 10.3. The summed E-state index contributed by atoms with van der Waals surface area (Å²) in [6, 6.07) is 5.80. The van der Waals surface area contributed by atoms with Crippen molar-refractivity contribution in [1.82, 2.24) is 0 Å². The second kappa shape index (κ2) is 4.67. The molecule has 0 spiro atoms. The van der Waals surface area contributed by atoms with Gasteiger partial charge in [-0.3, -0.25) is 0 Å². The Labute approximate surface area is 91.9 Å². The van der Waals surface area contributed by atoms with E-state index in [-0.39, 0.29) is 0 Å². The summed E-state index contributed by atoms with van der Waals surface area (Å²) in [5.41, 5.74) is 1.34. The highest BCUT2D eigenvalue weighted by Crippen LogP contribution is 2.30. The van der Waals surface area contributed by atoms with E-state index in [0.717, 1.165) is 29.7 Å². The van der Waals surface area contributed by atoms with Gasteiger partial charge >= 0.3 is 0 Å². The minimum Gasteiger partial charge on any atom is -0.497 e. The molecule has 1 aromatic carbocycles. The molecule has 1 N–H and O–H groups in total. The Kier molecular flexibility index (Phi) is 3.75. The number of hydrogen-bond donors (Lipinski definition) is 1.